The van der Waals surface area contributed by atoms with Crippen LogP contribution in [-0.4, -0.2) is 19.8 Å². The van der Waals surface area contributed by atoms with Crippen LogP contribution >= 0.6 is 0 Å². The molecule has 1 N–H and O–H groups in total. The quantitative estimate of drug-likeness (QED) is 0.526. The summed E-state index contributed by atoms with van der Waals surface area (Å²) < 4.78 is 5.00. The minimum Gasteiger partial charge on any atom is -0.481 e. The third kappa shape index (κ3) is 3.46. The van der Waals surface area contributed by atoms with Gasteiger partial charge >= 0.3 is 0 Å². The second-order valence-corrected chi connectivity index (χ2v) is 8.86. The molecule has 0 aromatic rings. The van der Waals surface area contributed by atoms with E-state index in [0.29, 0.717) is 6.61 Å². The van der Waals surface area contributed by atoms with Crippen molar-refractivity contribution in [2.24, 2.45) is 0 Å². The molecule has 0 spiro atoms. The van der Waals surface area contributed by atoms with Crippen LogP contribution in [0, 0.1) is 0 Å². The monoisotopic (exact) mass is 174 g/mol. The highest BCUT2D eigenvalue weighted by atomic mass is 28.3. The summed E-state index contributed by atoms with van der Waals surface area (Å²) in [5.41, 5.74) is 0. The zero-order valence-electron chi connectivity index (χ0n) is 8.06. The van der Waals surface area contributed by atoms with E-state index in [-0.39, 0.29) is 5.95 Å². The molecule has 11 heavy (non-hydrogen) atoms. The zero-order valence-corrected chi connectivity index (χ0v) is 9.06. The van der Waals surface area contributed by atoms with Crippen LogP contribution < -0.4 is 0 Å². The fraction of sp³-hybridized carbons (Fsp3) is 0.750. The van der Waals surface area contributed by atoms with E-state index in [1.165, 1.54) is 0 Å². The van der Waals surface area contributed by atoms with E-state index in [4.69, 9.17) is 4.74 Å². The number of aliphatic hydroxyl groups excluding tert-OH is 1. The second kappa shape index (κ2) is 3.81. The van der Waals surface area contributed by atoms with Gasteiger partial charge in [0, 0.05) is 0 Å². The number of allylic oxidation sites excluding steroid dienone is 1. The van der Waals surface area contributed by atoms with Crippen LogP contribution in [0.3, 0.4) is 0 Å². The standard InChI is InChI=1S/C8H18O2Si/c1-6-10-8(9)7(2)11(3,4)5/h9H,6H2,1-5H3. The Kier molecular flexibility index (Phi) is 3.65. The zero-order chi connectivity index (χ0) is 9.07. The van der Waals surface area contributed by atoms with E-state index in [2.05, 4.69) is 19.6 Å². The molecule has 66 valence electrons. The molecular weight excluding hydrogens is 156 g/mol. The molecule has 0 aliphatic rings. The second-order valence-electron chi connectivity index (χ2n) is 3.61. The molecule has 0 amide bonds. The fourth-order valence-corrected chi connectivity index (χ4v) is 1.28. The first-order chi connectivity index (χ1) is 4.89. The molecular formula is C8H18O2Si. The van der Waals surface area contributed by atoms with Gasteiger partial charge in [0.05, 0.1) is 14.7 Å². The first-order valence-electron chi connectivity index (χ1n) is 3.92. The molecule has 0 saturated carbocycles. The van der Waals surface area contributed by atoms with Gasteiger partial charge in [0.25, 0.3) is 5.95 Å². The van der Waals surface area contributed by atoms with Gasteiger partial charge in [0.1, 0.15) is 0 Å². The SMILES string of the molecule is CCOC(O)=C(C)[Si](C)(C)C. The molecule has 0 bridgehead atoms. The van der Waals surface area contributed by atoms with Crippen LogP contribution in [0.1, 0.15) is 13.8 Å². The lowest BCUT2D eigenvalue weighted by Gasteiger charge is -2.17. The molecule has 0 radical (unpaired) electrons. The van der Waals surface area contributed by atoms with Crippen LogP contribution in [0.5, 0.6) is 0 Å². The Morgan fingerprint density at radius 2 is 1.82 bits per heavy atom. The van der Waals surface area contributed by atoms with Crippen LogP contribution in [0.25, 0.3) is 0 Å². The van der Waals surface area contributed by atoms with E-state index in [9.17, 15) is 5.11 Å². The van der Waals surface area contributed by atoms with Crippen LogP contribution in [-0.2, 0) is 4.74 Å². The highest BCUT2D eigenvalue weighted by molar-refractivity contribution is 6.83. The van der Waals surface area contributed by atoms with Crippen molar-refractivity contribution >= 4 is 8.07 Å². The van der Waals surface area contributed by atoms with Crippen molar-refractivity contribution in [1.29, 1.82) is 0 Å². The van der Waals surface area contributed by atoms with Crippen molar-refractivity contribution in [3.63, 3.8) is 0 Å². The third-order valence-electron chi connectivity index (χ3n) is 1.73. The number of hydrogen-bond acceptors (Lipinski definition) is 2. The summed E-state index contributed by atoms with van der Waals surface area (Å²) in [6, 6.07) is 0. The lowest BCUT2D eigenvalue weighted by atomic mass is 10.7. The van der Waals surface area contributed by atoms with E-state index in [0.717, 1.165) is 5.20 Å². The average molecular weight is 174 g/mol. The molecule has 2 nitrogen and oxygen atoms in total. The Morgan fingerprint density at radius 1 is 1.36 bits per heavy atom. The molecule has 0 saturated heterocycles. The van der Waals surface area contributed by atoms with Crippen molar-refractivity contribution in [3.05, 3.63) is 11.1 Å². The summed E-state index contributed by atoms with van der Waals surface area (Å²) in [6.45, 7) is 10.9. The van der Waals surface area contributed by atoms with Gasteiger partial charge in [-0.05, 0) is 19.0 Å². The Hall–Kier alpha value is -0.443. The van der Waals surface area contributed by atoms with E-state index in [1.54, 1.807) is 0 Å². The molecule has 0 aliphatic heterocycles. The lowest BCUT2D eigenvalue weighted by molar-refractivity contribution is 0.0999. The van der Waals surface area contributed by atoms with Gasteiger partial charge in [0.2, 0.25) is 0 Å². The Bertz CT molecular complexity index is 156. The fourth-order valence-electron chi connectivity index (χ4n) is 0.566. The van der Waals surface area contributed by atoms with Crippen molar-refractivity contribution in [3.8, 4) is 0 Å². The molecule has 0 rings (SSSR count). The van der Waals surface area contributed by atoms with Crippen molar-refractivity contribution in [2.75, 3.05) is 6.61 Å². The maximum Gasteiger partial charge on any atom is 0.271 e. The topological polar surface area (TPSA) is 29.5 Å². The summed E-state index contributed by atoms with van der Waals surface area (Å²) >= 11 is 0. The van der Waals surface area contributed by atoms with E-state index < -0.39 is 8.07 Å². The maximum atomic E-state index is 9.35. The van der Waals surface area contributed by atoms with Gasteiger partial charge in [-0.2, -0.15) is 0 Å². The number of hydrogen-bond donors (Lipinski definition) is 1. The summed E-state index contributed by atoms with van der Waals surface area (Å²) in [6.07, 6.45) is 0. The summed E-state index contributed by atoms with van der Waals surface area (Å²) in [4.78, 5) is 0. The molecule has 0 aliphatic carbocycles. The first kappa shape index (κ1) is 10.6. The van der Waals surface area contributed by atoms with Gasteiger partial charge in [-0.1, -0.05) is 19.6 Å². The Balaban J connectivity index is 4.39. The normalized spacial score (nSPS) is 14.3. The van der Waals surface area contributed by atoms with E-state index >= 15 is 0 Å². The molecule has 0 unspecified atom stereocenters. The Labute approximate surface area is 69.9 Å². The predicted octanol–water partition coefficient (Wildman–Crippen LogP) is 2.69. The minimum absolute atomic E-state index is 0.131. The van der Waals surface area contributed by atoms with E-state index in [1.807, 2.05) is 13.8 Å². The summed E-state index contributed by atoms with van der Waals surface area (Å²) in [5.74, 6) is 0.131. The van der Waals surface area contributed by atoms with Crippen LogP contribution in [0.15, 0.2) is 11.1 Å². The summed E-state index contributed by atoms with van der Waals surface area (Å²) in [5, 5.41) is 10.4. The van der Waals surface area contributed by atoms with Gasteiger partial charge in [-0.15, -0.1) is 0 Å². The van der Waals surface area contributed by atoms with Gasteiger partial charge < -0.3 is 9.84 Å². The minimum atomic E-state index is -1.36. The smallest absolute Gasteiger partial charge is 0.271 e. The third-order valence-corrected chi connectivity index (χ3v) is 4.19. The van der Waals surface area contributed by atoms with Crippen molar-refractivity contribution < 1.29 is 9.84 Å². The number of aliphatic hydroxyl groups is 1. The van der Waals surface area contributed by atoms with Crippen molar-refractivity contribution in [1.82, 2.24) is 0 Å². The van der Waals surface area contributed by atoms with Crippen molar-refractivity contribution in [2.45, 2.75) is 33.5 Å². The van der Waals surface area contributed by atoms with Gasteiger partial charge in [-0.25, -0.2) is 0 Å². The molecule has 0 fully saturated rings. The molecule has 3 heteroatoms. The Morgan fingerprint density at radius 3 is 2.09 bits per heavy atom. The molecule has 0 heterocycles. The lowest BCUT2D eigenvalue weighted by Crippen LogP contribution is -2.24. The maximum absolute atomic E-state index is 9.35. The summed E-state index contributed by atoms with van der Waals surface area (Å²) in [7, 11) is -1.36. The highest BCUT2D eigenvalue weighted by Gasteiger charge is 2.20. The van der Waals surface area contributed by atoms with Crippen LogP contribution in [0.4, 0.5) is 0 Å². The highest BCUT2D eigenvalue weighted by Crippen LogP contribution is 2.16. The molecule has 0 aromatic carbocycles. The molecule has 0 aromatic heterocycles. The van der Waals surface area contributed by atoms with Crippen LogP contribution in [0.2, 0.25) is 19.6 Å². The number of ether oxygens (including phenoxy) is 1. The van der Waals surface area contributed by atoms with Gasteiger partial charge in [-0.3, -0.25) is 0 Å². The molecule has 0 atom stereocenters. The van der Waals surface area contributed by atoms with Gasteiger partial charge in [0.15, 0.2) is 0 Å². The average Bonchev–Trinajstić information content (AvgIpc) is 1.85. The largest absolute Gasteiger partial charge is 0.481 e. The number of rotatable bonds is 3. The predicted molar refractivity (Wildman–Crippen MR) is 50.3 cm³/mol. The first-order valence-corrected chi connectivity index (χ1v) is 7.42.